The number of aliphatic hydroxyl groups is 1. The molecule has 3 saturated heterocycles. The molecule has 0 aromatic carbocycles. The summed E-state index contributed by atoms with van der Waals surface area (Å²) < 4.78 is 4.87. The zero-order valence-corrected chi connectivity index (χ0v) is 23.3. The van der Waals surface area contributed by atoms with E-state index in [0.717, 1.165) is 12.8 Å². The van der Waals surface area contributed by atoms with E-state index in [4.69, 9.17) is 4.74 Å². The number of aliphatic hydroxyl groups excluding tert-OH is 1. The van der Waals surface area contributed by atoms with E-state index < -0.39 is 22.6 Å². The van der Waals surface area contributed by atoms with Gasteiger partial charge in [-0.2, -0.15) is 0 Å². The summed E-state index contributed by atoms with van der Waals surface area (Å²) >= 11 is 5.39. The van der Waals surface area contributed by atoms with Crippen molar-refractivity contribution in [2.75, 3.05) is 26.3 Å². The number of thioether (sulfide) groups is 1. The average Bonchev–Trinajstić information content (AvgIpc) is 3.41. The highest BCUT2D eigenvalue weighted by Crippen LogP contribution is 2.68. The van der Waals surface area contributed by atoms with Crippen molar-refractivity contribution >= 4 is 45.5 Å². The van der Waals surface area contributed by atoms with Crippen molar-refractivity contribution in [1.29, 1.82) is 0 Å². The number of unbranched alkanes of at least 4 members (excludes halogenated alkanes) is 1. The lowest BCUT2D eigenvalue weighted by molar-refractivity contribution is -0.154. The van der Waals surface area contributed by atoms with E-state index >= 15 is 0 Å². The van der Waals surface area contributed by atoms with Crippen molar-refractivity contribution in [2.45, 2.75) is 79.3 Å². The fourth-order valence-corrected chi connectivity index (χ4v) is 9.60. The van der Waals surface area contributed by atoms with Gasteiger partial charge in [0, 0.05) is 35.8 Å². The Labute approximate surface area is 221 Å². The number of esters is 1. The van der Waals surface area contributed by atoms with Crippen LogP contribution in [0.3, 0.4) is 0 Å². The predicted octanol–water partition coefficient (Wildman–Crippen LogP) is 3.55. The Morgan fingerprint density at radius 1 is 1.37 bits per heavy atom. The summed E-state index contributed by atoms with van der Waals surface area (Å²) in [4.78, 5) is 44.9. The molecule has 0 aromatic heterocycles. The number of hydrogen-bond acceptors (Lipinski definition) is 6. The van der Waals surface area contributed by atoms with E-state index in [1.54, 1.807) is 28.8 Å². The van der Waals surface area contributed by atoms with Crippen molar-refractivity contribution < 1.29 is 24.2 Å². The number of likely N-dealkylation sites (tertiary alicyclic amines) is 1. The van der Waals surface area contributed by atoms with Gasteiger partial charge < -0.3 is 19.6 Å². The third kappa shape index (κ3) is 5.23. The van der Waals surface area contributed by atoms with Crippen LogP contribution >= 0.6 is 27.7 Å². The number of nitrogens with zero attached hydrogens (tertiary/aromatic N) is 2. The molecule has 0 aliphatic carbocycles. The predicted molar refractivity (Wildman–Crippen MR) is 142 cm³/mol. The fourth-order valence-electron chi connectivity index (χ4n) is 6.01. The van der Waals surface area contributed by atoms with Gasteiger partial charge in [-0.25, -0.2) is 0 Å². The van der Waals surface area contributed by atoms with E-state index in [9.17, 15) is 19.5 Å². The Morgan fingerprint density at radius 2 is 2.11 bits per heavy atom. The van der Waals surface area contributed by atoms with Gasteiger partial charge in [-0.15, -0.1) is 24.9 Å². The first kappa shape index (κ1) is 28.3. The minimum Gasteiger partial charge on any atom is -0.465 e. The first-order valence-corrected chi connectivity index (χ1v) is 14.5. The molecule has 3 fully saturated rings. The maximum absolute atomic E-state index is 14.2. The Bertz CT molecular complexity index is 826. The van der Waals surface area contributed by atoms with Crippen molar-refractivity contribution in [3.8, 4) is 0 Å². The molecule has 3 aliphatic rings. The van der Waals surface area contributed by atoms with Gasteiger partial charge in [-0.3, -0.25) is 14.4 Å². The molecule has 2 bridgehead atoms. The van der Waals surface area contributed by atoms with Crippen LogP contribution in [0.2, 0.25) is 0 Å². The lowest BCUT2D eigenvalue weighted by Gasteiger charge is -2.39. The molecular weight excluding hydrogens is 532 g/mol. The third-order valence-electron chi connectivity index (χ3n) is 7.52. The van der Waals surface area contributed by atoms with Crippen LogP contribution in [0.25, 0.3) is 0 Å². The highest BCUT2D eigenvalue weighted by Gasteiger charge is 2.76. The van der Waals surface area contributed by atoms with Gasteiger partial charge >= 0.3 is 5.97 Å². The molecule has 2 amide bonds. The van der Waals surface area contributed by atoms with Gasteiger partial charge in [0.15, 0.2) is 0 Å². The Hall–Kier alpha value is -1.32. The zero-order valence-electron chi connectivity index (χ0n) is 20.9. The molecule has 3 rings (SSSR count). The van der Waals surface area contributed by atoms with Crippen LogP contribution < -0.4 is 0 Å². The van der Waals surface area contributed by atoms with Gasteiger partial charge in [-0.05, 0) is 39.0 Å². The largest absolute Gasteiger partial charge is 0.465 e. The van der Waals surface area contributed by atoms with Crippen LogP contribution in [0.15, 0.2) is 25.3 Å². The number of hydrogen-bond donors (Lipinski definition) is 1. The number of carbonyl (C=O) groups excluding carboxylic acids is 3. The number of amides is 2. The quantitative estimate of drug-likeness (QED) is 0.149. The number of carbonyl (C=O) groups is 3. The minimum atomic E-state index is -0.681. The highest BCUT2D eigenvalue weighted by atomic mass is 79.9. The summed E-state index contributed by atoms with van der Waals surface area (Å²) in [5, 5.41) is 9.21. The third-order valence-corrected chi connectivity index (χ3v) is 10.7. The fraction of sp³-hybridized carbons (Fsp3) is 0.731. The lowest BCUT2D eigenvalue weighted by atomic mass is 9.71. The molecule has 7 nitrogen and oxygen atoms in total. The van der Waals surface area contributed by atoms with Gasteiger partial charge in [0.1, 0.15) is 6.04 Å². The Kier molecular flexibility index (Phi) is 9.91. The summed E-state index contributed by atoms with van der Waals surface area (Å²) in [7, 11) is 0. The van der Waals surface area contributed by atoms with E-state index in [1.807, 2.05) is 11.8 Å². The Morgan fingerprint density at radius 3 is 2.74 bits per heavy atom. The van der Waals surface area contributed by atoms with E-state index in [-0.39, 0.29) is 47.1 Å². The highest BCUT2D eigenvalue weighted by molar-refractivity contribution is 9.09. The zero-order chi connectivity index (χ0) is 25.8. The molecule has 35 heavy (non-hydrogen) atoms. The van der Waals surface area contributed by atoms with Crippen molar-refractivity contribution in [1.82, 2.24) is 9.80 Å². The first-order chi connectivity index (χ1) is 16.8. The van der Waals surface area contributed by atoms with E-state index in [0.29, 0.717) is 38.8 Å². The van der Waals surface area contributed by atoms with Crippen molar-refractivity contribution in [2.24, 2.45) is 11.8 Å². The number of ether oxygens (including phenoxy) is 1. The van der Waals surface area contributed by atoms with Crippen LogP contribution in [0.1, 0.15) is 52.4 Å². The molecule has 0 aromatic rings. The normalized spacial score (nSPS) is 31.8. The average molecular weight is 572 g/mol. The van der Waals surface area contributed by atoms with E-state index in [1.165, 1.54) is 0 Å². The second-order valence-electron chi connectivity index (χ2n) is 9.79. The summed E-state index contributed by atoms with van der Waals surface area (Å²) in [6.07, 6.45) is 7.58. The van der Waals surface area contributed by atoms with Gasteiger partial charge in [-0.1, -0.05) is 41.4 Å². The van der Waals surface area contributed by atoms with Crippen LogP contribution in [-0.4, -0.2) is 85.9 Å². The van der Waals surface area contributed by atoms with Crippen LogP contribution in [0.4, 0.5) is 0 Å². The number of alkyl halides is 1. The smallest absolute Gasteiger partial charge is 0.310 e. The molecule has 0 radical (unpaired) electrons. The van der Waals surface area contributed by atoms with Crippen molar-refractivity contribution in [3.05, 3.63) is 25.3 Å². The number of fused-ring (bicyclic) bond motifs is 1. The second-order valence-corrected chi connectivity index (χ2v) is 12.5. The van der Waals surface area contributed by atoms with E-state index in [2.05, 4.69) is 36.0 Å². The van der Waals surface area contributed by atoms with Crippen LogP contribution in [0.5, 0.6) is 0 Å². The maximum Gasteiger partial charge on any atom is 0.310 e. The monoisotopic (exact) mass is 570 g/mol. The SMILES string of the molecule is C=CCCOC(=O)[C@H]1[C@@H]2SC3(CC2Br)C(C(=O)N(CC=C)C(C)CCC)N(CCCCO)C(=O)[C@H]13. The standard InChI is InChI=1S/C26H39BrN2O5S/c1-5-8-15-34-25(33)19-20-23(31)29(13-9-10-14-30)22(26(20)16-18(27)21(19)35-26)24(32)28(12-7-3)17(4)11-6-2/h5,7,17-22,30H,1,3,6,8-16H2,2,4H3/t17?,18?,19-,20+,21-,22?,26?/m1/s1. The molecule has 7 atom stereocenters. The molecule has 1 N–H and O–H groups in total. The number of rotatable bonds is 14. The van der Waals surface area contributed by atoms with Crippen LogP contribution in [-0.2, 0) is 19.1 Å². The first-order valence-electron chi connectivity index (χ1n) is 12.7. The molecule has 3 heterocycles. The van der Waals surface area contributed by atoms with Crippen LogP contribution in [0, 0.1) is 11.8 Å². The Balaban J connectivity index is 2.00. The maximum atomic E-state index is 14.2. The molecule has 0 saturated carbocycles. The summed E-state index contributed by atoms with van der Waals surface area (Å²) in [6, 6.07) is -0.641. The van der Waals surface area contributed by atoms with Gasteiger partial charge in [0.25, 0.3) is 0 Å². The lowest BCUT2D eigenvalue weighted by Crippen LogP contribution is -2.57. The summed E-state index contributed by atoms with van der Waals surface area (Å²) in [5.41, 5.74) is 0. The second kappa shape index (κ2) is 12.3. The molecule has 196 valence electrons. The van der Waals surface area contributed by atoms with Crippen molar-refractivity contribution in [3.63, 3.8) is 0 Å². The minimum absolute atomic E-state index is 0.0124. The summed E-state index contributed by atoms with van der Waals surface area (Å²) in [5.74, 6) is -1.74. The number of halogens is 1. The summed E-state index contributed by atoms with van der Waals surface area (Å²) in [6.45, 7) is 12.7. The van der Waals surface area contributed by atoms with Gasteiger partial charge in [0.2, 0.25) is 11.8 Å². The molecular formula is C26H39BrN2O5S. The molecule has 1 spiro atoms. The van der Waals surface area contributed by atoms with Gasteiger partial charge in [0.05, 0.1) is 23.2 Å². The molecule has 3 aliphatic heterocycles. The molecule has 9 heteroatoms. The topological polar surface area (TPSA) is 87.2 Å². The molecule has 4 unspecified atom stereocenters.